The number of hydrogen-bond donors (Lipinski definition) is 1. The topological polar surface area (TPSA) is 25.1 Å². The Morgan fingerprint density at radius 3 is 2.02 bits per heavy atom. The Hall–Kier alpha value is -5.74. The SMILES string of the molecule is c1ccc(N2c3ccccc3NC2c2ccc(-n3ccc4ccc5c(c6ccccc6n5-c5ccccc5)c43)cc2)cc1. The summed E-state index contributed by atoms with van der Waals surface area (Å²) in [7, 11) is 0. The highest BCUT2D eigenvalue weighted by molar-refractivity contribution is 6.20. The Balaban J connectivity index is 1.19. The van der Waals surface area contributed by atoms with E-state index in [0.717, 1.165) is 11.4 Å². The molecule has 0 radical (unpaired) electrons. The monoisotopic (exact) mass is 552 g/mol. The summed E-state index contributed by atoms with van der Waals surface area (Å²) in [6.07, 6.45) is 2.21. The molecule has 0 bridgehead atoms. The first-order valence-corrected chi connectivity index (χ1v) is 14.7. The molecule has 0 aliphatic carbocycles. The summed E-state index contributed by atoms with van der Waals surface area (Å²) >= 11 is 0. The molecule has 1 atom stereocenters. The van der Waals surface area contributed by atoms with Crippen molar-refractivity contribution < 1.29 is 0 Å². The third kappa shape index (κ3) is 3.63. The quantitative estimate of drug-likeness (QED) is 0.235. The number of anilines is 3. The number of hydrogen-bond acceptors (Lipinski definition) is 2. The Bertz CT molecular complexity index is 2260. The maximum Gasteiger partial charge on any atom is 0.130 e. The van der Waals surface area contributed by atoms with Crippen LogP contribution in [0.2, 0.25) is 0 Å². The van der Waals surface area contributed by atoms with E-state index < -0.39 is 0 Å². The first kappa shape index (κ1) is 23.9. The lowest BCUT2D eigenvalue weighted by atomic mass is 10.1. The van der Waals surface area contributed by atoms with Crippen LogP contribution in [0.5, 0.6) is 0 Å². The summed E-state index contributed by atoms with van der Waals surface area (Å²) in [5.74, 6) is 0. The van der Waals surface area contributed by atoms with Gasteiger partial charge in [0.2, 0.25) is 0 Å². The average molecular weight is 553 g/mol. The van der Waals surface area contributed by atoms with Crippen molar-refractivity contribution in [1.29, 1.82) is 0 Å². The van der Waals surface area contributed by atoms with E-state index in [1.54, 1.807) is 0 Å². The molecule has 9 rings (SSSR count). The Kier molecular flexibility index (Phi) is 5.23. The lowest BCUT2D eigenvalue weighted by molar-refractivity contribution is 0.827. The maximum atomic E-state index is 3.76. The minimum atomic E-state index is 0.00538. The van der Waals surface area contributed by atoms with Crippen LogP contribution in [0.1, 0.15) is 11.7 Å². The van der Waals surface area contributed by atoms with Crippen molar-refractivity contribution in [3.8, 4) is 11.4 Å². The molecule has 8 aromatic rings. The molecule has 4 nitrogen and oxygen atoms in total. The van der Waals surface area contributed by atoms with Crippen molar-refractivity contribution >= 4 is 49.8 Å². The van der Waals surface area contributed by atoms with Crippen LogP contribution in [0.4, 0.5) is 17.1 Å². The lowest BCUT2D eigenvalue weighted by Crippen LogP contribution is -2.23. The van der Waals surface area contributed by atoms with Gasteiger partial charge >= 0.3 is 0 Å². The number of para-hydroxylation sites is 5. The number of nitrogens with one attached hydrogen (secondary N) is 1. The fraction of sp³-hybridized carbons (Fsp3) is 0.0256. The Morgan fingerprint density at radius 2 is 1.21 bits per heavy atom. The van der Waals surface area contributed by atoms with Crippen LogP contribution in [0.25, 0.3) is 44.1 Å². The van der Waals surface area contributed by atoms with Crippen molar-refractivity contribution in [3.05, 3.63) is 163 Å². The van der Waals surface area contributed by atoms with Crippen LogP contribution in [0.15, 0.2) is 158 Å². The molecule has 1 aliphatic rings. The van der Waals surface area contributed by atoms with Crippen LogP contribution in [-0.2, 0) is 0 Å². The molecule has 6 aromatic carbocycles. The van der Waals surface area contributed by atoms with E-state index in [2.05, 4.69) is 177 Å². The first-order chi connectivity index (χ1) is 21.3. The highest BCUT2D eigenvalue weighted by atomic mass is 15.3. The van der Waals surface area contributed by atoms with Gasteiger partial charge in [-0.05, 0) is 72.3 Å². The lowest BCUT2D eigenvalue weighted by Gasteiger charge is -2.27. The number of nitrogens with zero attached hydrogens (tertiary/aromatic N) is 3. The highest BCUT2D eigenvalue weighted by Gasteiger charge is 2.30. The van der Waals surface area contributed by atoms with Gasteiger partial charge in [-0.2, -0.15) is 0 Å². The van der Waals surface area contributed by atoms with Crippen molar-refractivity contribution in [2.75, 3.05) is 10.2 Å². The molecule has 0 saturated heterocycles. The fourth-order valence-corrected chi connectivity index (χ4v) is 6.84. The van der Waals surface area contributed by atoms with Gasteiger partial charge in [0, 0.05) is 39.4 Å². The van der Waals surface area contributed by atoms with Crippen LogP contribution < -0.4 is 10.2 Å². The van der Waals surface area contributed by atoms with E-state index in [-0.39, 0.29) is 6.17 Å². The fourth-order valence-electron chi connectivity index (χ4n) is 6.84. The van der Waals surface area contributed by atoms with E-state index in [4.69, 9.17) is 0 Å². The van der Waals surface area contributed by atoms with Gasteiger partial charge in [0.1, 0.15) is 6.17 Å². The van der Waals surface area contributed by atoms with Gasteiger partial charge in [0.15, 0.2) is 0 Å². The zero-order valence-electron chi connectivity index (χ0n) is 23.4. The van der Waals surface area contributed by atoms with Crippen LogP contribution >= 0.6 is 0 Å². The molecule has 204 valence electrons. The predicted octanol–water partition coefficient (Wildman–Crippen LogP) is 9.99. The molecular weight excluding hydrogens is 524 g/mol. The van der Waals surface area contributed by atoms with Gasteiger partial charge in [-0.3, -0.25) is 0 Å². The zero-order chi connectivity index (χ0) is 28.3. The normalized spacial score (nSPS) is 14.4. The largest absolute Gasteiger partial charge is 0.359 e. The van der Waals surface area contributed by atoms with Crippen molar-refractivity contribution in [2.24, 2.45) is 0 Å². The highest BCUT2D eigenvalue weighted by Crippen LogP contribution is 2.46. The zero-order valence-corrected chi connectivity index (χ0v) is 23.4. The van der Waals surface area contributed by atoms with Crippen LogP contribution in [0.3, 0.4) is 0 Å². The molecule has 43 heavy (non-hydrogen) atoms. The Labute approximate surface area is 249 Å². The van der Waals surface area contributed by atoms with Gasteiger partial charge in [0.05, 0.1) is 27.9 Å². The molecule has 1 unspecified atom stereocenters. The third-order valence-corrected chi connectivity index (χ3v) is 8.74. The molecule has 4 heteroatoms. The summed E-state index contributed by atoms with van der Waals surface area (Å²) in [5.41, 5.74) is 10.7. The average Bonchev–Trinajstić information content (AvgIpc) is 3.77. The summed E-state index contributed by atoms with van der Waals surface area (Å²) < 4.78 is 4.72. The van der Waals surface area contributed by atoms with Crippen LogP contribution in [-0.4, -0.2) is 9.13 Å². The number of aromatic nitrogens is 2. The molecule has 3 heterocycles. The van der Waals surface area contributed by atoms with Gasteiger partial charge in [-0.1, -0.05) is 84.9 Å². The molecule has 0 fully saturated rings. The third-order valence-electron chi connectivity index (χ3n) is 8.74. The van der Waals surface area contributed by atoms with Gasteiger partial charge in [-0.25, -0.2) is 0 Å². The van der Waals surface area contributed by atoms with E-state index in [0.29, 0.717) is 0 Å². The van der Waals surface area contributed by atoms with E-state index >= 15 is 0 Å². The smallest absolute Gasteiger partial charge is 0.130 e. The second-order valence-electron chi connectivity index (χ2n) is 11.1. The van der Waals surface area contributed by atoms with E-state index in [9.17, 15) is 0 Å². The van der Waals surface area contributed by atoms with Crippen molar-refractivity contribution in [1.82, 2.24) is 9.13 Å². The summed E-state index contributed by atoms with van der Waals surface area (Å²) in [6.45, 7) is 0. The molecule has 0 amide bonds. The van der Waals surface area contributed by atoms with Crippen molar-refractivity contribution in [2.45, 2.75) is 6.17 Å². The second kappa shape index (κ2) is 9.40. The number of rotatable bonds is 4. The molecule has 1 N–H and O–H groups in total. The molecular formula is C39H28N4. The first-order valence-electron chi connectivity index (χ1n) is 14.7. The molecule has 2 aromatic heterocycles. The Morgan fingerprint density at radius 1 is 0.512 bits per heavy atom. The summed E-state index contributed by atoms with van der Waals surface area (Å²) in [4.78, 5) is 2.39. The maximum absolute atomic E-state index is 3.76. The number of benzene rings is 6. The molecule has 0 spiro atoms. The van der Waals surface area contributed by atoms with E-state index in [1.165, 1.54) is 55.3 Å². The number of fused-ring (bicyclic) bond motifs is 6. The minimum absolute atomic E-state index is 0.00538. The minimum Gasteiger partial charge on any atom is -0.359 e. The second-order valence-corrected chi connectivity index (χ2v) is 11.1. The predicted molar refractivity (Wildman–Crippen MR) is 179 cm³/mol. The summed E-state index contributed by atoms with van der Waals surface area (Å²) in [6, 6.07) is 54.3. The molecule has 0 saturated carbocycles. The molecule has 1 aliphatic heterocycles. The van der Waals surface area contributed by atoms with Gasteiger partial charge < -0.3 is 19.4 Å². The van der Waals surface area contributed by atoms with Gasteiger partial charge in [0.25, 0.3) is 0 Å². The standard InChI is InChI=1S/C39H28N4/c1-3-11-30(12-4-1)42-34-17-9-7-15-32(34)37-36(42)24-21-27-25-26-41(38(27)37)29-22-19-28(20-23-29)39-40-33-16-8-10-18-35(33)43(39)31-13-5-2-6-14-31/h1-26,39-40H. The summed E-state index contributed by atoms with van der Waals surface area (Å²) in [5, 5.41) is 7.53. The van der Waals surface area contributed by atoms with Gasteiger partial charge in [-0.15, -0.1) is 0 Å². The van der Waals surface area contributed by atoms with Crippen molar-refractivity contribution in [3.63, 3.8) is 0 Å². The van der Waals surface area contributed by atoms with E-state index in [1.807, 2.05) is 0 Å². The van der Waals surface area contributed by atoms with Crippen LogP contribution in [0, 0.1) is 0 Å².